The van der Waals surface area contributed by atoms with Crippen molar-refractivity contribution in [3.63, 3.8) is 0 Å². The van der Waals surface area contributed by atoms with E-state index in [0.29, 0.717) is 36.0 Å². The first kappa shape index (κ1) is 24.4. The first-order valence-electron chi connectivity index (χ1n) is 13.6. The van der Waals surface area contributed by atoms with Gasteiger partial charge in [0, 0.05) is 0 Å². The van der Waals surface area contributed by atoms with E-state index in [0.717, 1.165) is 56.9 Å². The van der Waals surface area contributed by atoms with Gasteiger partial charge in [0.2, 0.25) is 0 Å². The summed E-state index contributed by atoms with van der Waals surface area (Å²) in [7, 11) is 0. The zero-order valence-electron chi connectivity index (χ0n) is 21.0. The zero-order chi connectivity index (χ0) is 24.4. The number of fused-ring (bicyclic) bond motifs is 5. The first-order valence-corrected chi connectivity index (χ1v) is 13.6. The van der Waals surface area contributed by atoms with E-state index < -0.39 is 0 Å². The molecule has 0 spiro atoms. The molecule has 5 nitrogen and oxygen atoms in total. The van der Waals surface area contributed by atoms with E-state index in [1.54, 1.807) is 12.1 Å². The number of phenols is 2. The number of hydrogen-bond acceptors (Lipinski definition) is 5. The Balaban J connectivity index is 1.36. The summed E-state index contributed by atoms with van der Waals surface area (Å²) in [6, 6.07) is 4.71. The monoisotopic (exact) mass is 472 g/mol. The molecule has 34 heavy (non-hydrogen) atoms. The molecule has 11 atom stereocenters. The van der Waals surface area contributed by atoms with Crippen molar-refractivity contribution in [2.45, 2.75) is 96.9 Å². The van der Waals surface area contributed by atoms with Gasteiger partial charge in [-0.15, -0.1) is 0 Å². The van der Waals surface area contributed by atoms with Crippen molar-refractivity contribution in [2.75, 3.05) is 0 Å². The van der Waals surface area contributed by atoms with Gasteiger partial charge in [0.05, 0.1) is 18.3 Å². The molecule has 0 radical (unpaired) electrons. The summed E-state index contributed by atoms with van der Waals surface area (Å²) in [5.41, 5.74) is 0.666. The molecule has 0 aromatic heterocycles. The smallest absolute Gasteiger partial charge is 0.119 e. The predicted molar refractivity (Wildman–Crippen MR) is 131 cm³/mol. The number of rotatable bonds is 4. The van der Waals surface area contributed by atoms with Crippen molar-refractivity contribution in [1.29, 1.82) is 0 Å². The number of hydrogen-bond donors (Lipinski definition) is 5. The first-order chi connectivity index (χ1) is 16.1. The van der Waals surface area contributed by atoms with E-state index in [4.69, 9.17) is 0 Å². The molecule has 5 N–H and O–H groups in total. The molecule has 0 unspecified atom stereocenters. The van der Waals surface area contributed by atoms with Crippen LogP contribution in [0.2, 0.25) is 0 Å². The molecule has 4 aliphatic rings. The van der Waals surface area contributed by atoms with Gasteiger partial charge in [-0.2, -0.15) is 0 Å². The normalized spacial score (nSPS) is 46.9. The van der Waals surface area contributed by atoms with Crippen molar-refractivity contribution >= 4 is 0 Å². The van der Waals surface area contributed by atoms with Gasteiger partial charge >= 0.3 is 0 Å². The Bertz CT molecular complexity index is 903. The molecule has 0 saturated heterocycles. The quantitative estimate of drug-likeness (QED) is 0.412. The van der Waals surface area contributed by atoms with E-state index >= 15 is 0 Å². The second-order valence-electron chi connectivity index (χ2n) is 12.9. The van der Waals surface area contributed by atoms with Crippen molar-refractivity contribution < 1.29 is 25.5 Å². The Kier molecular flexibility index (Phi) is 6.22. The van der Waals surface area contributed by atoms with Gasteiger partial charge < -0.3 is 25.5 Å². The third kappa shape index (κ3) is 3.69. The maximum Gasteiger partial charge on any atom is 0.119 e. The second kappa shape index (κ2) is 8.67. The van der Waals surface area contributed by atoms with Gasteiger partial charge in [-0.05, 0) is 128 Å². The molecule has 1 aromatic rings. The van der Waals surface area contributed by atoms with Gasteiger partial charge in [0.15, 0.2) is 0 Å². The van der Waals surface area contributed by atoms with Crippen molar-refractivity contribution in [1.82, 2.24) is 0 Å². The van der Waals surface area contributed by atoms with Crippen LogP contribution in [0.25, 0.3) is 0 Å². The summed E-state index contributed by atoms with van der Waals surface area (Å²) in [5.74, 6) is 2.37. The molecule has 5 rings (SSSR count). The SMILES string of the molecule is C[C@H](CCc1cc(O)ccc1O)[C@H]1CC[C@H]2[C@@H]3[C@H](O)C[C@@H]4C[C@H](O)CC[C@]4(C)[C@H]3C[C@H](O)[C@]12C. The predicted octanol–water partition coefficient (Wildman–Crippen LogP) is 4.63. The average Bonchev–Trinajstić information content (AvgIpc) is 3.14. The zero-order valence-corrected chi connectivity index (χ0v) is 21.0. The third-order valence-corrected chi connectivity index (χ3v) is 11.5. The Morgan fingerprint density at radius 1 is 0.971 bits per heavy atom. The summed E-state index contributed by atoms with van der Waals surface area (Å²) in [4.78, 5) is 0. The van der Waals surface area contributed by atoms with Gasteiger partial charge in [0.25, 0.3) is 0 Å². The van der Waals surface area contributed by atoms with Crippen LogP contribution in [0, 0.1) is 46.3 Å². The topological polar surface area (TPSA) is 101 Å². The molecule has 4 aliphatic carbocycles. The number of aliphatic hydroxyl groups excluding tert-OH is 3. The Morgan fingerprint density at radius 2 is 1.74 bits per heavy atom. The number of benzene rings is 1. The van der Waals surface area contributed by atoms with Crippen LogP contribution >= 0.6 is 0 Å². The number of aliphatic hydroxyl groups is 3. The van der Waals surface area contributed by atoms with Gasteiger partial charge in [-0.25, -0.2) is 0 Å². The van der Waals surface area contributed by atoms with Crippen LogP contribution in [0.4, 0.5) is 0 Å². The molecule has 4 saturated carbocycles. The van der Waals surface area contributed by atoms with E-state index in [2.05, 4.69) is 20.8 Å². The van der Waals surface area contributed by atoms with Crippen LogP contribution in [-0.2, 0) is 6.42 Å². The van der Waals surface area contributed by atoms with Gasteiger partial charge in [0.1, 0.15) is 11.5 Å². The standard InChI is InChI=1S/C29H44O5/c1-16(4-5-17-12-19(30)6-9-24(17)32)21-7-8-22-27-23(15-26(34)29(21,22)3)28(2)11-10-20(31)13-18(28)14-25(27)33/h6,9,12,16,18,20-23,25-27,30-34H,4-5,7-8,10-11,13-15H2,1-3H3/t16-,18+,20-,21-,22+,23+,25-,26+,27+,28+,29-/m1/s1. The lowest BCUT2D eigenvalue weighted by molar-refractivity contribution is -0.207. The van der Waals surface area contributed by atoms with Crippen LogP contribution in [-0.4, -0.2) is 43.8 Å². The fourth-order valence-corrected chi connectivity index (χ4v) is 9.49. The van der Waals surface area contributed by atoms with E-state index in [1.165, 1.54) is 6.07 Å². The molecular weight excluding hydrogens is 428 g/mol. The summed E-state index contributed by atoms with van der Waals surface area (Å²) >= 11 is 0. The summed E-state index contributed by atoms with van der Waals surface area (Å²) in [6.45, 7) is 6.93. The fraction of sp³-hybridized carbons (Fsp3) is 0.793. The van der Waals surface area contributed by atoms with Gasteiger partial charge in [-0.1, -0.05) is 20.8 Å². The van der Waals surface area contributed by atoms with Crippen LogP contribution in [0.3, 0.4) is 0 Å². The van der Waals surface area contributed by atoms with Crippen LogP contribution < -0.4 is 0 Å². The number of aryl methyl sites for hydroxylation is 1. The summed E-state index contributed by atoms with van der Waals surface area (Å²) in [5, 5.41) is 53.4. The minimum atomic E-state index is -0.377. The molecule has 0 heterocycles. The number of aromatic hydroxyl groups is 2. The van der Waals surface area contributed by atoms with Crippen LogP contribution in [0.15, 0.2) is 18.2 Å². The molecule has 0 aliphatic heterocycles. The molecular formula is C29H44O5. The van der Waals surface area contributed by atoms with Crippen LogP contribution in [0.1, 0.15) is 77.7 Å². The molecule has 190 valence electrons. The summed E-state index contributed by atoms with van der Waals surface area (Å²) in [6.07, 6.45) is 6.92. The molecule has 5 heteroatoms. The third-order valence-electron chi connectivity index (χ3n) is 11.5. The fourth-order valence-electron chi connectivity index (χ4n) is 9.49. The Morgan fingerprint density at radius 3 is 2.50 bits per heavy atom. The molecule has 0 amide bonds. The summed E-state index contributed by atoms with van der Waals surface area (Å²) < 4.78 is 0. The van der Waals surface area contributed by atoms with Crippen molar-refractivity contribution in [3.05, 3.63) is 23.8 Å². The Hall–Kier alpha value is -1.30. The highest BCUT2D eigenvalue weighted by molar-refractivity contribution is 5.38. The highest BCUT2D eigenvalue weighted by Crippen LogP contribution is 2.68. The van der Waals surface area contributed by atoms with E-state index in [9.17, 15) is 25.5 Å². The van der Waals surface area contributed by atoms with Gasteiger partial charge in [-0.3, -0.25) is 0 Å². The lowest BCUT2D eigenvalue weighted by atomic mass is 9.43. The van der Waals surface area contributed by atoms with E-state index in [1.807, 2.05) is 0 Å². The maximum atomic E-state index is 11.7. The molecule has 0 bridgehead atoms. The largest absolute Gasteiger partial charge is 0.508 e. The van der Waals surface area contributed by atoms with Crippen molar-refractivity contribution in [3.8, 4) is 11.5 Å². The molecule has 4 fully saturated rings. The molecule has 1 aromatic carbocycles. The maximum absolute atomic E-state index is 11.7. The van der Waals surface area contributed by atoms with Crippen molar-refractivity contribution in [2.24, 2.45) is 46.3 Å². The lowest BCUT2D eigenvalue weighted by Crippen LogP contribution is -2.62. The minimum Gasteiger partial charge on any atom is -0.508 e. The van der Waals surface area contributed by atoms with E-state index in [-0.39, 0.29) is 46.6 Å². The van der Waals surface area contributed by atoms with Crippen LogP contribution in [0.5, 0.6) is 11.5 Å². The second-order valence-corrected chi connectivity index (χ2v) is 12.9. The highest BCUT2D eigenvalue weighted by atomic mass is 16.3. The minimum absolute atomic E-state index is 0.0992. The Labute approximate surface area is 204 Å². The lowest BCUT2D eigenvalue weighted by Gasteiger charge is -2.63. The highest BCUT2D eigenvalue weighted by Gasteiger charge is 2.65. The average molecular weight is 473 g/mol. The number of phenolic OH excluding ortho intramolecular Hbond substituents is 2.